The smallest absolute Gasteiger partial charge is 0.0622 e. The van der Waals surface area contributed by atoms with Gasteiger partial charge in [-0.2, -0.15) is 0 Å². The molecule has 4 nitrogen and oxygen atoms in total. The molecule has 0 aliphatic rings. The first-order valence-corrected chi connectivity index (χ1v) is 30.9. The van der Waals surface area contributed by atoms with Crippen LogP contribution >= 0.6 is 0 Å². The number of hydrogen-bond donors (Lipinski definition) is 0. The predicted octanol–water partition coefficient (Wildman–Crippen LogP) is 22.7. The van der Waals surface area contributed by atoms with Crippen molar-refractivity contribution in [1.82, 2.24) is 17.9 Å². The Kier molecular flexibility index (Phi) is 10.2. The predicted molar refractivity (Wildman–Crippen MR) is 370 cm³/mol. The summed E-state index contributed by atoms with van der Waals surface area (Å²) in [6.07, 6.45) is 0. The van der Waals surface area contributed by atoms with E-state index in [9.17, 15) is 0 Å². The molecule has 0 aliphatic heterocycles. The molecular weight excluding hydrogens is 1040 g/mol. The van der Waals surface area contributed by atoms with Crippen LogP contribution in [0.2, 0.25) is 0 Å². The minimum atomic E-state index is -0.00263. The average molecular weight is 1110 g/mol. The molecule has 0 bridgehead atoms. The van der Waals surface area contributed by atoms with E-state index >= 15 is 0 Å². The van der Waals surface area contributed by atoms with Gasteiger partial charge in [-0.15, -0.1) is 0 Å². The molecule has 0 amide bonds. The van der Waals surface area contributed by atoms with Crippen LogP contribution in [0.5, 0.6) is 0 Å². The SMILES string of the molecule is CC(C)(C)c1ccc2c(c1)c1cc(C(C)(C)C)ccc1n2-c1cc2c3cc(-c4ccccc4)ccc3n3c4cc5c6cc(-n7c8ccc(C(C)(C)C)cc8c8cc(C(C)(C)C)ccc87)cc7c8cc(-c9ccccc9)ccc8n(c5cc4c(c1)c23)c76. The van der Waals surface area contributed by atoms with Crippen molar-refractivity contribution in [3.63, 3.8) is 0 Å². The van der Waals surface area contributed by atoms with Gasteiger partial charge in [0.05, 0.1) is 55.2 Å². The van der Waals surface area contributed by atoms with Crippen LogP contribution in [-0.4, -0.2) is 17.9 Å². The molecule has 0 N–H and O–H groups in total. The van der Waals surface area contributed by atoms with Crippen molar-refractivity contribution in [3.8, 4) is 33.6 Å². The molecule has 0 saturated carbocycles. The lowest BCUT2D eigenvalue weighted by Gasteiger charge is -2.19. The highest BCUT2D eigenvalue weighted by Gasteiger charge is 2.29. The Morgan fingerprint density at radius 3 is 0.767 bits per heavy atom. The van der Waals surface area contributed by atoms with Gasteiger partial charge in [0.2, 0.25) is 0 Å². The van der Waals surface area contributed by atoms with E-state index in [-0.39, 0.29) is 21.7 Å². The van der Waals surface area contributed by atoms with E-state index < -0.39 is 0 Å². The second kappa shape index (κ2) is 17.2. The zero-order valence-corrected chi connectivity index (χ0v) is 51.4. The number of rotatable bonds is 4. The second-order valence-electron chi connectivity index (χ2n) is 29.1. The van der Waals surface area contributed by atoms with Crippen LogP contribution < -0.4 is 0 Å². The lowest BCUT2D eigenvalue weighted by Crippen LogP contribution is -2.10. The monoisotopic (exact) mass is 1110 g/mol. The minimum absolute atomic E-state index is 0.00263. The van der Waals surface area contributed by atoms with E-state index in [1.165, 1.54) is 176 Å². The Morgan fingerprint density at radius 2 is 0.477 bits per heavy atom. The second-order valence-corrected chi connectivity index (χ2v) is 29.1. The van der Waals surface area contributed by atoms with Crippen LogP contribution in [0.15, 0.2) is 206 Å². The highest BCUT2D eigenvalue weighted by molar-refractivity contribution is 6.30. The molecular formula is C82H70N4. The fourth-order valence-corrected chi connectivity index (χ4v) is 14.9. The van der Waals surface area contributed by atoms with E-state index in [2.05, 4.69) is 307 Å². The number of aromatic nitrogens is 4. The summed E-state index contributed by atoms with van der Waals surface area (Å²) in [5, 5.41) is 15.2. The average Bonchev–Trinajstić information content (AvgIpc) is 1.55. The summed E-state index contributed by atoms with van der Waals surface area (Å²) in [6, 6.07) is 80.0. The summed E-state index contributed by atoms with van der Waals surface area (Å²) in [5.74, 6) is 0. The van der Waals surface area contributed by atoms with E-state index in [0.717, 1.165) is 0 Å². The first kappa shape index (κ1) is 51.1. The van der Waals surface area contributed by atoms with E-state index in [4.69, 9.17) is 0 Å². The van der Waals surface area contributed by atoms with E-state index in [1.54, 1.807) is 0 Å². The van der Waals surface area contributed by atoms with Crippen molar-refractivity contribution >= 4 is 120 Å². The van der Waals surface area contributed by atoms with Gasteiger partial charge in [0.1, 0.15) is 0 Å². The van der Waals surface area contributed by atoms with Crippen molar-refractivity contribution in [2.45, 2.75) is 105 Å². The van der Waals surface area contributed by atoms with Crippen LogP contribution in [0.1, 0.15) is 105 Å². The van der Waals surface area contributed by atoms with Gasteiger partial charge in [0, 0.05) is 76.0 Å². The van der Waals surface area contributed by atoms with E-state index in [0.29, 0.717) is 0 Å². The normalized spacial score (nSPS) is 13.3. The quantitative estimate of drug-likeness (QED) is 0.167. The van der Waals surface area contributed by atoms with Gasteiger partial charge in [-0.3, -0.25) is 0 Å². The molecule has 0 saturated heterocycles. The molecule has 86 heavy (non-hydrogen) atoms. The fourth-order valence-electron chi connectivity index (χ4n) is 14.9. The number of hydrogen-bond acceptors (Lipinski definition) is 0. The number of benzene rings is 11. The number of fused-ring (bicyclic) bond motifs is 18. The summed E-state index contributed by atoms with van der Waals surface area (Å²) in [4.78, 5) is 0. The van der Waals surface area contributed by atoms with Gasteiger partial charge in [-0.1, -0.05) is 180 Å². The third kappa shape index (κ3) is 7.22. The van der Waals surface area contributed by atoms with Gasteiger partial charge >= 0.3 is 0 Å². The molecule has 418 valence electrons. The van der Waals surface area contributed by atoms with Crippen molar-refractivity contribution in [1.29, 1.82) is 0 Å². The summed E-state index contributed by atoms with van der Waals surface area (Å²) in [7, 11) is 0. The zero-order chi connectivity index (χ0) is 58.8. The number of nitrogens with zero attached hydrogens (tertiary/aromatic N) is 4. The topological polar surface area (TPSA) is 18.7 Å². The molecule has 0 radical (unpaired) electrons. The maximum absolute atomic E-state index is 2.59. The fraction of sp³-hybridized carbons (Fsp3) is 0.195. The highest BCUT2D eigenvalue weighted by atomic mass is 15.0. The molecule has 11 aromatic carbocycles. The first-order chi connectivity index (χ1) is 41.2. The first-order valence-electron chi connectivity index (χ1n) is 30.9. The molecule has 0 atom stereocenters. The Balaban J connectivity index is 1.00. The van der Waals surface area contributed by atoms with Crippen molar-refractivity contribution < 1.29 is 0 Å². The Hall–Kier alpha value is -9.38. The molecule has 0 spiro atoms. The van der Waals surface area contributed by atoms with Crippen LogP contribution in [0.4, 0.5) is 0 Å². The van der Waals surface area contributed by atoms with Crippen LogP contribution in [0, 0.1) is 0 Å². The van der Waals surface area contributed by atoms with Crippen molar-refractivity contribution in [2.24, 2.45) is 0 Å². The summed E-state index contributed by atoms with van der Waals surface area (Å²) in [5.41, 5.74) is 24.9. The molecule has 6 aromatic heterocycles. The van der Waals surface area contributed by atoms with Crippen molar-refractivity contribution in [2.75, 3.05) is 0 Å². The van der Waals surface area contributed by atoms with Crippen LogP contribution in [-0.2, 0) is 21.7 Å². The Labute approximate surface area is 501 Å². The molecule has 0 fully saturated rings. The maximum Gasteiger partial charge on any atom is 0.0622 e. The van der Waals surface area contributed by atoms with Gasteiger partial charge in [0.25, 0.3) is 0 Å². The van der Waals surface area contributed by atoms with Gasteiger partial charge < -0.3 is 17.9 Å². The lowest BCUT2D eigenvalue weighted by molar-refractivity contribution is 0.590. The molecule has 17 aromatic rings. The minimum Gasteiger partial charge on any atom is -0.309 e. The van der Waals surface area contributed by atoms with Crippen LogP contribution in [0.25, 0.3) is 153 Å². The lowest BCUT2D eigenvalue weighted by atomic mass is 9.85. The highest BCUT2D eigenvalue weighted by Crippen LogP contribution is 2.49. The van der Waals surface area contributed by atoms with E-state index in [1.807, 2.05) is 0 Å². The third-order valence-electron chi connectivity index (χ3n) is 19.6. The molecule has 0 unspecified atom stereocenters. The van der Waals surface area contributed by atoms with Gasteiger partial charge in [0.15, 0.2) is 0 Å². The standard InChI is InChI=1S/C82H70N4/c1-79(2,3)51-25-31-69-59(37-51)60-38-52(80(4,5)6)26-32-70(60)83(69)55-41-65-57-35-49(47-19-15-13-16-20-47)23-29-73(57)85-75-46-64-68-44-56(84-71-33-27-53(81(7,8)9)39-61(71)62-40-54(82(10,11)12)28-34-72(62)84)42-66-58-36-50(48-21-17-14-18-22-48)24-30-74(58)86(78(66)68)76(64)45-63(75)67(43-55)77(65)85/h13-46H,1-12H3. The molecule has 0 aliphatic carbocycles. The van der Waals surface area contributed by atoms with Gasteiger partial charge in [-0.25, -0.2) is 0 Å². The molecule has 6 heterocycles. The van der Waals surface area contributed by atoms with Crippen molar-refractivity contribution in [3.05, 3.63) is 229 Å². The zero-order valence-electron chi connectivity index (χ0n) is 51.4. The third-order valence-corrected chi connectivity index (χ3v) is 19.6. The Bertz CT molecular complexity index is 5210. The molecule has 17 rings (SSSR count). The summed E-state index contributed by atoms with van der Waals surface area (Å²) < 4.78 is 10.3. The van der Waals surface area contributed by atoms with Gasteiger partial charge in [-0.05, 0) is 175 Å². The summed E-state index contributed by atoms with van der Waals surface area (Å²) in [6.45, 7) is 27.9. The largest absolute Gasteiger partial charge is 0.309 e. The summed E-state index contributed by atoms with van der Waals surface area (Å²) >= 11 is 0. The Morgan fingerprint density at radius 1 is 0.209 bits per heavy atom. The molecule has 4 heteroatoms. The van der Waals surface area contributed by atoms with Crippen LogP contribution in [0.3, 0.4) is 0 Å². The maximum atomic E-state index is 2.59.